The van der Waals surface area contributed by atoms with Crippen LogP contribution < -0.4 is 10.2 Å². The predicted octanol–water partition coefficient (Wildman–Crippen LogP) is 5.06. The van der Waals surface area contributed by atoms with Crippen LogP contribution in [0.3, 0.4) is 0 Å². The Balaban J connectivity index is 1.55. The van der Waals surface area contributed by atoms with Gasteiger partial charge in [-0.25, -0.2) is 4.79 Å². The van der Waals surface area contributed by atoms with E-state index in [-0.39, 0.29) is 5.56 Å². The first-order valence-electron chi connectivity index (χ1n) is 8.20. The number of ether oxygens (including phenoxy) is 1. The van der Waals surface area contributed by atoms with E-state index in [1.165, 1.54) is 12.1 Å². The topological polar surface area (TPSA) is 70.9 Å². The fourth-order valence-corrected chi connectivity index (χ4v) is 2.56. The second-order valence-corrected chi connectivity index (χ2v) is 6.18. The second-order valence-electron chi connectivity index (χ2n) is 5.74. The highest BCUT2D eigenvalue weighted by molar-refractivity contribution is 6.30. The average molecular weight is 381 g/mol. The van der Waals surface area contributed by atoms with E-state index >= 15 is 0 Å². The minimum absolute atomic E-state index is 0.205. The van der Waals surface area contributed by atoms with Crippen molar-refractivity contribution in [1.29, 1.82) is 0 Å². The molecule has 0 saturated heterocycles. The number of aromatic carboxylic acids is 1. The van der Waals surface area contributed by atoms with Crippen LogP contribution in [0.1, 0.15) is 21.5 Å². The third-order valence-corrected chi connectivity index (χ3v) is 3.93. The number of carboxylic acids is 1. The maximum atomic E-state index is 11.0. The number of nitrogens with zero attached hydrogens (tertiary/aromatic N) is 1. The lowest BCUT2D eigenvalue weighted by atomic mass is 10.2. The Labute approximate surface area is 161 Å². The van der Waals surface area contributed by atoms with E-state index < -0.39 is 5.97 Å². The summed E-state index contributed by atoms with van der Waals surface area (Å²) in [4.78, 5) is 11.0. The summed E-state index contributed by atoms with van der Waals surface area (Å²) in [5, 5.41) is 13.8. The highest BCUT2D eigenvalue weighted by Gasteiger charge is 2.02. The van der Waals surface area contributed by atoms with Crippen LogP contribution in [0.15, 0.2) is 77.9 Å². The van der Waals surface area contributed by atoms with Crippen LogP contribution in [0.25, 0.3) is 0 Å². The van der Waals surface area contributed by atoms with Gasteiger partial charge < -0.3 is 9.84 Å². The molecular weight excluding hydrogens is 364 g/mol. The predicted molar refractivity (Wildman–Crippen MR) is 107 cm³/mol. The fraction of sp³-hybridized carbons (Fsp3) is 0.0476. The maximum absolute atomic E-state index is 11.0. The number of halogens is 1. The Bertz CT molecular complexity index is 956. The summed E-state index contributed by atoms with van der Waals surface area (Å²) >= 11 is 5.96. The summed E-state index contributed by atoms with van der Waals surface area (Å²) < 4.78 is 5.74. The monoisotopic (exact) mass is 380 g/mol. The first kappa shape index (κ1) is 18.5. The number of hydrogen-bond donors (Lipinski definition) is 2. The first-order valence-corrected chi connectivity index (χ1v) is 8.58. The number of anilines is 1. The summed E-state index contributed by atoms with van der Waals surface area (Å²) in [6, 6.07) is 21.5. The molecule has 0 saturated carbocycles. The first-order chi connectivity index (χ1) is 13.1. The van der Waals surface area contributed by atoms with E-state index in [9.17, 15) is 4.79 Å². The molecular formula is C21H17ClN2O3. The smallest absolute Gasteiger partial charge is 0.335 e. The lowest BCUT2D eigenvalue weighted by Crippen LogP contribution is -1.98. The minimum atomic E-state index is -0.976. The van der Waals surface area contributed by atoms with Crippen molar-refractivity contribution in [2.75, 3.05) is 5.43 Å². The van der Waals surface area contributed by atoms with Crippen LogP contribution in [-0.4, -0.2) is 17.3 Å². The molecule has 27 heavy (non-hydrogen) atoms. The third kappa shape index (κ3) is 5.59. The number of benzene rings is 3. The summed E-state index contributed by atoms with van der Waals surface area (Å²) in [5.41, 5.74) is 5.51. The summed E-state index contributed by atoms with van der Waals surface area (Å²) in [5.74, 6) is -0.231. The van der Waals surface area contributed by atoms with Crippen molar-refractivity contribution in [3.8, 4) is 5.75 Å². The summed E-state index contributed by atoms with van der Waals surface area (Å²) in [6.07, 6.45) is 1.65. The average Bonchev–Trinajstić information content (AvgIpc) is 2.68. The normalized spacial score (nSPS) is 10.7. The van der Waals surface area contributed by atoms with Gasteiger partial charge in [0.25, 0.3) is 0 Å². The SMILES string of the molecule is O=C(O)c1cccc(NN=Cc2ccc(OCc3cccc(Cl)c3)cc2)c1. The molecule has 6 heteroatoms. The van der Waals surface area contributed by atoms with E-state index in [0.717, 1.165) is 16.9 Å². The minimum Gasteiger partial charge on any atom is -0.489 e. The third-order valence-electron chi connectivity index (χ3n) is 3.69. The van der Waals surface area contributed by atoms with Crippen molar-refractivity contribution in [2.24, 2.45) is 5.10 Å². The Morgan fingerprint density at radius 2 is 1.85 bits per heavy atom. The number of rotatable bonds is 7. The van der Waals surface area contributed by atoms with Crippen LogP contribution in [0.5, 0.6) is 5.75 Å². The molecule has 2 N–H and O–H groups in total. The molecule has 0 spiro atoms. The maximum Gasteiger partial charge on any atom is 0.335 e. The van der Waals surface area contributed by atoms with E-state index in [1.54, 1.807) is 18.3 Å². The molecule has 5 nitrogen and oxygen atoms in total. The zero-order valence-electron chi connectivity index (χ0n) is 14.3. The Morgan fingerprint density at radius 3 is 2.59 bits per heavy atom. The van der Waals surface area contributed by atoms with Crippen molar-refractivity contribution in [2.45, 2.75) is 6.61 Å². The largest absolute Gasteiger partial charge is 0.489 e. The van der Waals surface area contributed by atoms with Gasteiger partial charge in [-0.15, -0.1) is 0 Å². The molecule has 0 aromatic heterocycles. The molecule has 3 aromatic carbocycles. The van der Waals surface area contributed by atoms with Gasteiger partial charge >= 0.3 is 5.97 Å². The Morgan fingerprint density at radius 1 is 1.07 bits per heavy atom. The number of hydrazone groups is 1. The molecule has 0 atom stereocenters. The van der Waals surface area contributed by atoms with Gasteiger partial charge in [0.15, 0.2) is 0 Å². The molecule has 3 rings (SSSR count). The highest BCUT2D eigenvalue weighted by atomic mass is 35.5. The van der Waals surface area contributed by atoms with Crippen LogP contribution in [0.4, 0.5) is 5.69 Å². The van der Waals surface area contributed by atoms with E-state index in [1.807, 2.05) is 48.5 Å². The fourth-order valence-electron chi connectivity index (χ4n) is 2.35. The van der Waals surface area contributed by atoms with Crippen LogP contribution in [0, 0.1) is 0 Å². The van der Waals surface area contributed by atoms with Gasteiger partial charge in [0.05, 0.1) is 17.5 Å². The van der Waals surface area contributed by atoms with Crippen molar-refractivity contribution in [3.05, 3.63) is 94.5 Å². The molecule has 0 aliphatic heterocycles. The van der Waals surface area contributed by atoms with Gasteiger partial charge in [0.2, 0.25) is 0 Å². The molecule has 3 aromatic rings. The summed E-state index contributed by atoms with van der Waals surface area (Å²) in [7, 11) is 0. The number of hydrogen-bond acceptors (Lipinski definition) is 4. The zero-order valence-corrected chi connectivity index (χ0v) is 15.1. The molecule has 0 aliphatic carbocycles. The van der Waals surface area contributed by atoms with Crippen LogP contribution in [0.2, 0.25) is 5.02 Å². The lowest BCUT2D eigenvalue weighted by molar-refractivity contribution is 0.0697. The van der Waals surface area contributed by atoms with Gasteiger partial charge in [-0.3, -0.25) is 5.43 Å². The molecule has 0 fully saturated rings. The Kier molecular flexibility index (Phi) is 6.07. The van der Waals surface area contributed by atoms with Gasteiger partial charge in [0, 0.05) is 5.02 Å². The van der Waals surface area contributed by atoms with Crippen molar-refractivity contribution < 1.29 is 14.6 Å². The van der Waals surface area contributed by atoms with E-state index in [0.29, 0.717) is 17.3 Å². The number of carbonyl (C=O) groups is 1. The van der Waals surface area contributed by atoms with Gasteiger partial charge in [0.1, 0.15) is 12.4 Å². The van der Waals surface area contributed by atoms with Crippen LogP contribution >= 0.6 is 11.6 Å². The van der Waals surface area contributed by atoms with E-state index in [2.05, 4.69) is 10.5 Å². The molecule has 0 bridgehead atoms. The quantitative estimate of drug-likeness (QED) is 0.443. The number of nitrogens with one attached hydrogen (secondary N) is 1. The van der Waals surface area contributed by atoms with Crippen molar-refractivity contribution in [3.63, 3.8) is 0 Å². The van der Waals surface area contributed by atoms with Crippen LogP contribution in [-0.2, 0) is 6.61 Å². The standard InChI is InChI=1S/C21H17ClN2O3/c22-18-5-1-3-16(11-18)14-27-20-9-7-15(8-10-20)13-23-24-19-6-2-4-17(12-19)21(25)26/h1-13,24H,14H2,(H,25,26). The zero-order chi connectivity index (χ0) is 19.1. The lowest BCUT2D eigenvalue weighted by Gasteiger charge is -2.07. The van der Waals surface area contributed by atoms with Gasteiger partial charge in [-0.05, 0) is 65.7 Å². The summed E-state index contributed by atoms with van der Waals surface area (Å²) in [6.45, 7) is 0.440. The molecule has 0 radical (unpaired) electrons. The van der Waals surface area contributed by atoms with Crippen molar-refractivity contribution >= 4 is 29.5 Å². The molecule has 0 amide bonds. The van der Waals surface area contributed by atoms with Gasteiger partial charge in [-0.2, -0.15) is 5.10 Å². The molecule has 0 unspecified atom stereocenters. The van der Waals surface area contributed by atoms with Gasteiger partial charge in [-0.1, -0.05) is 29.8 Å². The second kappa shape index (κ2) is 8.87. The van der Waals surface area contributed by atoms with Crippen molar-refractivity contribution in [1.82, 2.24) is 0 Å². The molecule has 0 aliphatic rings. The highest BCUT2D eigenvalue weighted by Crippen LogP contribution is 2.16. The molecule has 0 heterocycles. The van der Waals surface area contributed by atoms with E-state index in [4.69, 9.17) is 21.4 Å². The Hall–Kier alpha value is -3.31. The molecule has 136 valence electrons. The number of carboxylic acid groups (broad SMARTS) is 1.